The van der Waals surface area contributed by atoms with Gasteiger partial charge in [0.1, 0.15) is 17.3 Å². The van der Waals surface area contributed by atoms with Crippen LogP contribution < -0.4 is 9.47 Å². The van der Waals surface area contributed by atoms with E-state index < -0.39 is 0 Å². The number of nitrogens with one attached hydrogen (secondary N) is 1. The lowest BCUT2D eigenvalue weighted by molar-refractivity contribution is 0.395. The summed E-state index contributed by atoms with van der Waals surface area (Å²) in [5, 5.41) is 8.63. The minimum atomic E-state index is 0.311. The van der Waals surface area contributed by atoms with Crippen LogP contribution in [0.1, 0.15) is 5.69 Å². The molecule has 0 aliphatic rings. The minimum absolute atomic E-state index is 0.311. The SMILES string of the molecule is COc1ccc(-c2ncc(CC#N)[nH]2)c(OC)c1. The zero-order valence-electron chi connectivity index (χ0n) is 10.2. The molecule has 0 saturated heterocycles. The van der Waals surface area contributed by atoms with Crippen LogP contribution in [0.2, 0.25) is 0 Å². The van der Waals surface area contributed by atoms with E-state index in [0.717, 1.165) is 17.0 Å². The highest BCUT2D eigenvalue weighted by atomic mass is 16.5. The van der Waals surface area contributed by atoms with Gasteiger partial charge in [-0.3, -0.25) is 0 Å². The number of benzene rings is 1. The number of hydrogen-bond donors (Lipinski definition) is 1. The minimum Gasteiger partial charge on any atom is -0.497 e. The van der Waals surface area contributed by atoms with Crippen molar-refractivity contribution in [1.82, 2.24) is 9.97 Å². The normalized spacial score (nSPS) is 9.83. The second-order valence-corrected chi connectivity index (χ2v) is 3.66. The Labute approximate surface area is 105 Å². The van der Waals surface area contributed by atoms with Gasteiger partial charge in [0.05, 0.1) is 32.3 Å². The summed E-state index contributed by atoms with van der Waals surface area (Å²) in [6.07, 6.45) is 1.97. The molecule has 0 unspecified atom stereocenters. The van der Waals surface area contributed by atoms with Crippen molar-refractivity contribution in [2.75, 3.05) is 14.2 Å². The van der Waals surface area contributed by atoms with Gasteiger partial charge in [-0.05, 0) is 12.1 Å². The topological polar surface area (TPSA) is 70.9 Å². The van der Waals surface area contributed by atoms with Gasteiger partial charge >= 0.3 is 0 Å². The second-order valence-electron chi connectivity index (χ2n) is 3.66. The van der Waals surface area contributed by atoms with Gasteiger partial charge in [-0.25, -0.2) is 4.98 Å². The van der Waals surface area contributed by atoms with E-state index in [4.69, 9.17) is 14.7 Å². The highest BCUT2D eigenvalue weighted by molar-refractivity contribution is 5.66. The molecule has 5 heteroatoms. The summed E-state index contributed by atoms with van der Waals surface area (Å²) in [7, 11) is 3.20. The number of aromatic amines is 1. The fourth-order valence-electron chi connectivity index (χ4n) is 1.67. The second kappa shape index (κ2) is 5.23. The van der Waals surface area contributed by atoms with E-state index in [2.05, 4.69) is 16.0 Å². The van der Waals surface area contributed by atoms with E-state index in [-0.39, 0.29) is 0 Å². The fraction of sp³-hybridized carbons (Fsp3) is 0.231. The number of rotatable bonds is 4. The van der Waals surface area contributed by atoms with Crippen LogP contribution >= 0.6 is 0 Å². The molecule has 2 rings (SSSR count). The molecule has 0 amide bonds. The number of aromatic nitrogens is 2. The molecule has 92 valence electrons. The molecule has 1 aromatic carbocycles. The highest BCUT2D eigenvalue weighted by Gasteiger charge is 2.10. The maximum atomic E-state index is 8.63. The smallest absolute Gasteiger partial charge is 0.141 e. The Kier molecular flexibility index (Phi) is 3.49. The quantitative estimate of drug-likeness (QED) is 0.893. The average Bonchev–Trinajstić information content (AvgIpc) is 2.87. The first-order valence-electron chi connectivity index (χ1n) is 5.41. The van der Waals surface area contributed by atoms with E-state index in [1.807, 2.05) is 12.1 Å². The first-order valence-corrected chi connectivity index (χ1v) is 5.41. The summed E-state index contributed by atoms with van der Waals surface area (Å²) in [5.74, 6) is 2.08. The lowest BCUT2D eigenvalue weighted by Crippen LogP contribution is -1.91. The Hall–Kier alpha value is -2.48. The number of nitriles is 1. The Morgan fingerprint density at radius 2 is 2.17 bits per heavy atom. The van der Waals surface area contributed by atoms with E-state index in [9.17, 15) is 0 Å². The Morgan fingerprint density at radius 3 is 2.83 bits per heavy atom. The standard InChI is InChI=1S/C13H13N3O2/c1-17-10-3-4-11(12(7-10)18-2)13-15-8-9(16-13)5-6-14/h3-4,7-8H,5H2,1-2H3,(H,15,16). The van der Waals surface area contributed by atoms with Crippen molar-refractivity contribution in [1.29, 1.82) is 5.26 Å². The van der Waals surface area contributed by atoms with Gasteiger partial charge in [0.2, 0.25) is 0 Å². The molecular formula is C13H13N3O2. The molecule has 0 spiro atoms. The summed E-state index contributed by atoms with van der Waals surface area (Å²) >= 11 is 0. The Balaban J connectivity index is 2.40. The van der Waals surface area contributed by atoms with Crippen molar-refractivity contribution < 1.29 is 9.47 Å². The third kappa shape index (κ3) is 2.28. The number of imidazole rings is 1. The maximum Gasteiger partial charge on any atom is 0.141 e. The zero-order valence-corrected chi connectivity index (χ0v) is 10.2. The van der Waals surface area contributed by atoms with Crippen molar-refractivity contribution in [2.45, 2.75) is 6.42 Å². The zero-order chi connectivity index (χ0) is 13.0. The van der Waals surface area contributed by atoms with Crippen molar-refractivity contribution in [3.05, 3.63) is 30.1 Å². The molecule has 0 atom stereocenters. The molecule has 1 N–H and O–H groups in total. The number of ether oxygens (including phenoxy) is 2. The van der Waals surface area contributed by atoms with Gasteiger partial charge in [0.25, 0.3) is 0 Å². The van der Waals surface area contributed by atoms with Gasteiger partial charge in [0, 0.05) is 18.0 Å². The highest BCUT2D eigenvalue weighted by Crippen LogP contribution is 2.31. The lowest BCUT2D eigenvalue weighted by atomic mass is 10.2. The van der Waals surface area contributed by atoms with Crippen LogP contribution in [0.4, 0.5) is 0 Å². The average molecular weight is 243 g/mol. The monoisotopic (exact) mass is 243 g/mol. The largest absolute Gasteiger partial charge is 0.497 e. The number of hydrogen-bond acceptors (Lipinski definition) is 4. The summed E-state index contributed by atoms with van der Waals surface area (Å²) < 4.78 is 10.4. The van der Waals surface area contributed by atoms with Gasteiger partial charge < -0.3 is 14.5 Å². The maximum absolute atomic E-state index is 8.63. The van der Waals surface area contributed by atoms with Crippen LogP contribution in [0.5, 0.6) is 11.5 Å². The van der Waals surface area contributed by atoms with Crippen LogP contribution in [0.3, 0.4) is 0 Å². The summed E-state index contributed by atoms with van der Waals surface area (Å²) in [6, 6.07) is 7.57. The van der Waals surface area contributed by atoms with E-state index in [0.29, 0.717) is 18.0 Å². The van der Waals surface area contributed by atoms with Crippen molar-refractivity contribution in [2.24, 2.45) is 0 Å². The van der Waals surface area contributed by atoms with Crippen LogP contribution in [0.25, 0.3) is 11.4 Å². The number of methoxy groups -OCH3 is 2. The molecule has 0 fully saturated rings. The molecule has 0 saturated carbocycles. The van der Waals surface area contributed by atoms with Crippen LogP contribution in [0.15, 0.2) is 24.4 Å². The molecule has 0 bridgehead atoms. The number of H-pyrrole nitrogens is 1. The van der Waals surface area contributed by atoms with Crippen LogP contribution in [-0.2, 0) is 6.42 Å². The predicted octanol–water partition coefficient (Wildman–Crippen LogP) is 2.16. The predicted molar refractivity (Wildman–Crippen MR) is 66.4 cm³/mol. The summed E-state index contributed by atoms with van der Waals surface area (Å²) in [4.78, 5) is 7.33. The molecule has 0 radical (unpaired) electrons. The summed E-state index contributed by atoms with van der Waals surface area (Å²) in [6.45, 7) is 0. The summed E-state index contributed by atoms with van der Waals surface area (Å²) in [5.41, 5.74) is 1.62. The first kappa shape index (κ1) is 12.0. The third-order valence-electron chi connectivity index (χ3n) is 2.56. The molecule has 0 aliphatic carbocycles. The molecule has 1 aromatic heterocycles. The Morgan fingerprint density at radius 1 is 1.33 bits per heavy atom. The molecular weight excluding hydrogens is 230 g/mol. The number of nitrogens with zero attached hydrogens (tertiary/aromatic N) is 2. The van der Waals surface area contributed by atoms with Crippen molar-refractivity contribution in [3.63, 3.8) is 0 Å². The lowest BCUT2D eigenvalue weighted by Gasteiger charge is -2.08. The van der Waals surface area contributed by atoms with Crippen LogP contribution in [-0.4, -0.2) is 24.2 Å². The first-order chi connectivity index (χ1) is 8.78. The van der Waals surface area contributed by atoms with Gasteiger partial charge in [-0.2, -0.15) is 5.26 Å². The molecule has 0 aliphatic heterocycles. The van der Waals surface area contributed by atoms with Gasteiger partial charge in [0.15, 0.2) is 0 Å². The van der Waals surface area contributed by atoms with Crippen molar-refractivity contribution >= 4 is 0 Å². The molecule has 18 heavy (non-hydrogen) atoms. The van der Waals surface area contributed by atoms with Crippen molar-refractivity contribution in [3.8, 4) is 29.0 Å². The van der Waals surface area contributed by atoms with Gasteiger partial charge in [-0.15, -0.1) is 0 Å². The van der Waals surface area contributed by atoms with E-state index >= 15 is 0 Å². The fourth-order valence-corrected chi connectivity index (χ4v) is 1.67. The van der Waals surface area contributed by atoms with Crippen LogP contribution in [0, 0.1) is 11.3 Å². The molecule has 5 nitrogen and oxygen atoms in total. The van der Waals surface area contributed by atoms with Gasteiger partial charge in [-0.1, -0.05) is 0 Å². The van der Waals surface area contributed by atoms with E-state index in [1.165, 1.54) is 0 Å². The molecule has 1 heterocycles. The third-order valence-corrected chi connectivity index (χ3v) is 2.56. The van der Waals surface area contributed by atoms with E-state index in [1.54, 1.807) is 26.5 Å². The Bertz CT molecular complexity index is 584. The molecule has 2 aromatic rings.